The highest BCUT2D eigenvalue weighted by Gasteiger charge is 2.41. The molecule has 0 spiro atoms. The van der Waals surface area contributed by atoms with Crippen molar-refractivity contribution in [1.82, 2.24) is 19.9 Å². The summed E-state index contributed by atoms with van der Waals surface area (Å²) in [7, 11) is 0. The van der Waals surface area contributed by atoms with Crippen molar-refractivity contribution in [2.45, 2.75) is 31.2 Å². The molecule has 1 atom stereocenters. The zero-order chi connectivity index (χ0) is 22.0. The summed E-state index contributed by atoms with van der Waals surface area (Å²) >= 11 is 0. The first kappa shape index (κ1) is 20.9. The van der Waals surface area contributed by atoms with Gasteiger partial charge in [0.25, 0.3) is 0 Å². The number of nitrogens with one attached hydrogen (secondary N) is 2. The number of imidazole rings is 1. The summed E-state index contributed by atoms with van der Waals surface area (Å²) in [6.45, 7) is -0.943. The van der Waals surface area contributed by atoms with E-state index in [1.165, 1.54) is 18.3 Å². The average molecular weight is 437 g/mol. The van der Waals surface area contributed by atoms with E-state index in [1.54, 1.807) is 4.90 Å². The first-order valence-electron chi connectivity index (χ1n) is 9.60. The predicted octanol–water partition coefficient (Wildman–Crippen LogP) is 4.61. The average Bonchev–Trinajstić information content (AvgIpc) is 3.40. The van der Waals surface area contributed by atoms with Crippen molar-refractivity contribution in [3.05, 3.63) is 48.4 Å². The van der Waals surface area contributed by atoms with Crippen molar-refractivity contribution in [2.24, 2.45) is 0 Å². The number of carbonyl (C=O) groups is 1. The van der Waals surface area contributed by atoms with Gasteiger partial charge in [-0.3, -0.25) is 0 Å². The number of halogens is 4. The maximum atomic E-state index is 12.9. The number of H-pyrrole nitrogens is 1. The number of carbonyl (C=O) groups excluding carboxylic acids is 1. The van der Waals surface area contributed by atoms with Crippen LogP contribution >= 0.6 is 0 Å². The van der Waals surface area contributed by atoms with Crippen LogP contribution in [-0.4, -0.2) is 51.4 Å². The molecule has 1 unspecified atom stereocenters. The molecule has 4 rings (SSSR count). The Labute approximate surface area is 174 Å². The fraction of sp³-hybridized carbons (Fsp3) is 0.350. The molecule has 1 saturated heterocycles. The van der Waals surface area contributed by atoms with Gasteiger partial charge in [-0.2, -0.15) is 8.78 Å². The van der Waals surface area contributed by atoms with E-state index in [1.807, 2.05) is 24.3 Å². The number of likely N-dealkylation sites (tertiary alicyclic amines) is 1. The van der Waals surface area contributed by atoms with E-state index in [0.29, 0.717) is 18.1 Å². The first-order valence-corrected chi connectivity index (χ1v) is 9.60. The highest BCUT2D eigenvalue weighted by molar-refractivity contribution is 5.89. The van der Waals surface area contributed by atoms with E-state index in [-0.39, 0.29) is 18.0 Å². The largest absolute Gasteiger partial charge is 0.471 e. The number of nitrogens with zero attached hydrogens (tertiary/aromatic N) is 3. The van der Waals surface area contributed by atoms with Gasteiger partial charge in [0.05, 0.1) is 29.0 Å². The second-order valence-electron chi connectivity index (χ2n) is 7.16. The lowest BCUT2D eigenvalue weighted by atomic mass is 10.2. The van der Waals surface area contributed by atoms with Crippen molar-refractivity contribution < 1.29 is 27.1 Å². The number of alkyl halides is 4. The molecule has 0 radical (unpaired) electrons. The van der Waals surface area contributed by atoms with Crippen LogP contribution in [0.15, 0.2) is 42.6 Å². The molecule has 1 fully saturated rings. The third kappa shape index (κ3) is 4.54. The second-order valence-corrected chi connectivity index (χ2v) is 7.16. The highest BCUT2D eigenvalue weighted by Crippen LogP contribution is 2.32. The summed E-state index contributed by atoms with van der Waals surface area (Å²) < 4.78 is 54.8. The summed E-state index contributed by atoms with van der Waals surface area (Å²) in [5, 5.41) is 2.69. The fourth-order valence-corrected chi connectivity index (χ4v) is 3.39. The van der Waals surface area contributed by atoms with E-state index >= 15 is 0 Å². The van der Waals surface area contributed by atoms with Gasteiger partial charge in [-0.25, -0.2) is 23.5 Å². The Bertz CT molecular complexity index is 1020. The maximum Gasteiger partial charge on any atom is 0.340 e. The number of ether oxygens (including phenoxy) is 1. The second kappa shape index (κ2) is 8.40. The van der Waals surface area contributed by atoms with Crippen molar-refractivity contribution in [1.29, 1.82) is 0 Å². The van der Waals surface area contributed by atoms with E-state index in [2.05, 4.69) is 25.0 Å². The van der Waals surface area contributed by atoms with Gasteiger partial charge in [0.15, 0.2) is 6.61 Å². The quantitative estimate of drug-likeness (QED) is 0.552. The Morgan fingerprint density at radius 1 is 1.29 bits per heavy atom. The summed E-state index contributed by atoms with van der Waals surface area (Å²) in [5.41, 5.74) is 2.03. The topological polar surface area (TPSA) is 83.1 Å². The molecule has 3 heterocycles. The SMILES string of the molecule is O=C(Nc1ccc(OCC(F)(F)C(F)F)nc1)N1CCCC1c1nc2ccccc2[nH]1. The number of rotatable bonds is 6. The number of fused-ring (bicyclic) bond motifs is 1. The molecule has 11 heteroatoms. The minimum absolute atomic E-state index is 0.209. The zero-order valence-electron chi connectivity index (χ0n) is 16.2. The van der Waals surface area contributed by atoms with E-state index in [4.69, 9.17) is 0 Å². The number of aromatic nitrogens is 3. The van der Waals surface area contributed by atoms with Gasteiger partial charge in [-0.15, -0.1) is 0 Å². The van der Waals surface area contributed by atoms with Crippen molar-refractivity contribution in [3.63, 3.8) is 0 Å². The molecule has 3 aromatic rings. The Morgan fingerprint density at radius 3 is 2.81 bits per heavy atom. The van der Waals surface area contributed by atoms with Crippen LogP contribution in [0.2, 0.25) is 0 Å². The number of pyridine rings is 1. The summed E-state index contributed by atoms with van der Waals surface area (Å²) in [6, 6.07) is 9.64. The van der Waals surface area contributed by atoms with E-state index in [0.717, 1.165) is 23.9 Å². The summed E-state index contributed by atoms with van der Waals surface area (Å²) in [4.78, 5) is 26.0. The van der Waals surface area contributed by atoms with Crippen LogP contribution in [0.5, 0.6) is 5.88 Å². The van der Waals surface area contributed by atoms with Crippen LogP contribution in [-0.2, 0) is 0 Å². The van der Waals surface area contributed by atoms with E-state index in [9.17, 15) is 22.4 Å². The fourth-order valence-electron chi connectivity index (χ4n) is 3.39. The molecule has 164 valence electrons. The molecule has 2 amide bonds. The molecule has 0 aliphatic carbocycles. The lowest BCUT2D eigenvalue weighted by Crippen LogP contribution is -2.35. The summed E-state index contributed by atoms with van der Waals surface area (Å²) in [5.74, 6) is -3.81. The summed E-state index contributed by atoms with van der Waals surface area (Å²) in [6.07, 6.45) is -1.04. The molecular formula is C20H19F4N5O2. The standard InChI is InChI=1S/C20H19F4N5O2/c21-18(22)20(23,24)11-31-16-8-7-12(10-25-16)26-19(30)29-9-3-6-15(29)17-27-13-4-1-2-5-14(13)28-17/h1-2,4-5,7-8,10,15,18H,3,6,9,11H2,(H,26,30)(H,27,28). The zero-order valence-corrected chi connectivity index (χ0v) is 16.2. The van der Waals surface area contributed by atoms with Gasteiger partial charge < -0.3 is 19.9 Å². The minimum Gasteiger partial charge on any atom is -0.471 e. The third-order valence-electron chi connectivity index (χ3n) is 4.96. The van der Waals surface area contributed by atoms with Crippen molar-refractivity contribution in [2.75, 3.05) is 18.5 Å². The van der Waals surface area contributed by atoms with Gasteiger partial charge >= 0.3 is 18.4 Å². The number of urea groups is 1. The Hall–Kier alpha value is -3.37. The van der Waals surface area contributed by atoms with Gasteiger partial charge in [0.2, 0.25) is 5.88 Å². The molecule has 1 aliphatic heterocycles. The molecule has 0 bridgehead atoms. The van der Waals surface area contributed by atoms with Gasteiger partial charge in [0, 0.05) is 12.6 Å². The van der Waals surface area contributed by atoms with Crippen LogP contribution in [0.25, 0.3) is 11.0 Å². The van der Waals surface area contributed by atoms with Crippen LogP contribution in [0.3, 0.4) is 0 Å². The Balaban J connectivity index is 1.39. The maximum absolute atomic E-state index is 12.9. The molecule has 31 heavy (non-hydrogen) atoms. The lowest BCUT2D eigenvalue weighted by molar-refractivity contribution is -0.148. The number of anilines is 1. The van der Waals surface area contributed by atoms with Gasteiger partial charge in [0.1, 0.15) is 5.82 Å². The van der Waals surface area contributed by atoms with Crippen LogP contribution in [0.1, 0.15) is 24.7 Å². The molecule has 2 N–H and O–H groups in total. The van der Waals surface area contributed by atoms with E-state index < -0.39 is 19.0 Å². The number of benzene rings is 1. The smallest absolute Gasteiger partial charge is 0.340 e. The molecule has 7 nitrogen and oxygen atoms in total. The molecule has 1 aliphatic rings. The lowest BCUT2D eigenvalue weighted by Gasteiger charge is -2.23. The van der Waals surface area contributed by atoms with Gasteiger partial charge in [-0.05, 0) is 31.0 Å². The number of hydrogen-bond acceptors (Lipinski definition) is 4. The molecular weight excluding hydrogens is 418 g/mol. The van der Waals surface area contributed by atoms with Crippen molar-refractivity contribution >= 4 is 22.8 Å². The molecule has 2 aromatic heterocycles. The monoisotopic (exact) mass is 437 g/mol. The number of aromatic amines is 1. The number of hydrogen-bond donors (Lipinski definition) is 2. The van der Waals surface area contributed by atoms with Crippen LogP contribution in [0, 0.1) is 0 Å². The third-order valence-corrected chi connectivity index (χ3v) is 4.96. The van der Waals surface area contributed by atoms with Crippen LogP contribution < -0.4 is 10.1 Å². The molecule has 0 saturated carbocycles. The van der Waals surface area contributed by atoms with Gasteiger partial charge in [-0.1, -0.05) is 12.1 Å². The first-order chi connectivity index (χ1) is 14.8. The Kier molecular flexibility index (Phi) is 5.66. The van der Waals surface area contributed by atoms with Crippen molar-refractivity contribution in [3.8, 4) is 5.88 Å². The number of para-hydroxylation sites is 2. The molecule has 1 aromatic carbocycles. The Morgan fingerprint density at radius 2 is 2.10 bits per heavy atom. The minimum atomic E-state index is -4.27. The highest BCUT2D eigenvalue weighted by atomic mass is 19.3. The normalized spacial score (nSPS) is 16.8. The number of amides is 2. The van der Waals surface area contributed by atoms with Crippen LogP contribution in [0.4, 0.5) is 28.0 Å². The predicted molar refractivity (Wildman–Crippen MR) is 104 cm³/mol.